The van der Waals surface area contributed by atoms with Gasteiger partial charge in [0.15, 0.2) is 0 Å². The summed E-state index contributed by atoms with van der Waals surface area (Å²) in [7, 11) is 0. The standard InChI is InChI=1S/C24H25N5OS/c1-17-20-15-21(31-24(20)29(27-17)16-18-7-3-2-4-8-18)23(30)26-19-10-13-28(14-11-19)22-9-5-6-12-25-22/h2-9,12,15,19H,10-11,13-14,16H2,1H3,(H,26,30). The molecule has 4 aromatic rings. The van der Waals surface area contributed by atoms with Gasteiger partial charge < -0.3 is 10.2 Å². The predicted octanol–water partition coefficient (Wildman–Crippen LogP) is 4.25. The van der Waals surface area contributed by atoms with E-state index in [1.54, 1.807) is 0 Å². The molecule has 1 N–H and O–H groups in total. The van der Waals surface area contributed by atoms with Gasteiger partial charge in [0.2, 0.25) is 0 Å². The molecule has 0 aliphatic carbocycles. The van der Waals surface area contributed by atoms with E-state index in [1.807, 2.05) is 60.3 Å². The van der Waals surface area contributed by atoms with Crippen LogP contribution in [0, 0.1) is 6.92 Å². The lowest BCUT2D eigenvalue weighted by atomic mass is 10.0. The number of nitrogens with one attached hydrogen (secondary N) is 1. The zero-order chi connectivity index (χ0) is 21.2. The summed E-state index contributed by atoms with van der Waals surface area (Å²) in [6.07, 6.45) is 3.67. The van der Waals surface area contributed by atoms with Crippen molar-refractivity contribution >= 4 is 33.3 Å². The van der Waals surface area contributed by atoms with Crippen LogP contribution in [0.5, 0.6) is 0 Å². The Kier molecular flexibility index (Phi) is 5.42. The van der Waals surface area contributed by atoms with Gasteiger partial charge in [-0.05, 0) is 43.5 Å². The molecule has 0 spiro atoms. The van der Waals surface area contributed by atoms with Gasteiger partial charge in [-0.2, -0.15) is 5.10 Å². The monoisotopic (exact) mass is 431 g/mol. The number of piperidine rings is 1. The van der Waals surface area contributed by atoms with Gasteiger partial charge in [-0.15, -0.1) is 11.3 Å². The number of benzene rings is 1. The topological polar surface area (TPSA) is 63.1 Å². The average molecular weight is 432 g/mol. The van der Waals surface area contributed by atoms with Crippen molar-refractivity contribution in [3.8, 4) is 0 Å². The number of carbonyl (C=O) groups excluding carboxylic acids is 1. The van der Waals surface area contributed by atoms with E-state index in [9.17, 15) is 4.79 Å². The molecule has 1 aliphatic heterocycles. The van der Waals surface area contributed by atoms with Crippen molar-refractivity contribution in [2.45, 2.75) is 32.4 Å². The van der Waals surface area contributed by atoms with Crippen molar-refractivity contribution in [2.24, 2.45) is 0 Å². The number of fused-ring (bicyclic) bond motifs is 1. The van der Waals surface area contributed by atoms with Gasteiger partial charge in [0, 0.05) is 30.7 Å². The van der Waals surface area contributed by atoms with Gasteiger partial charge >= 0.3 is 0 Å². The summed E-state index contributed by atoms with van der Waals surface area (Å²) in [5.74, 6) is 1.03. The molecule has 1 fully saturated rings. The molecule has 158 valence electrons. The van der Waals surface area contributed by atoms with Crippen LogP contribution < -0.4 is 10.2 Å². The summed E-state index contributed by atoms with van der Waals surface area (Å²) in [5, 5.41) is 8.99. The molecule has 5 rings (SSSR count). The van der Waals surface area contributed by atoms with Crippen LogP contribution in [0.3, 0.4) is 0 Å². The van der Waals surface area contributed by atoms with Crippen LogP contribution in [0.15, 0.2) is 60.8 Å². The Morgan fingerprint density at radius 2 is 1.90 bits per heavy atom. The second-order valence-corrected chi connectivity index (χ2v) is 9.01. The van der Waals surface area contributed by atoms with E-state index in [2.05, 4.69) is 32.4 Å². The van der Waals surface area contributed by atoms with Crippen molar-refractivity contribution in [1.82, 2.24) is 20.1 Å². The largest absolute Gasteiger partial charge is 0.356 e. The fourth-order valence-electron chi connectivity index (χ4n) is 4.14. The Morgan fingerprint density at radius 3 is 2.65 bits per heavy atom. The maximum absolute atomic E-state index is 13.0. The van der Waals surface area contributed by atoms with E-state index in [-0.39, 0.29) is 11.9 Å². The molecule has 1 amide bonds. The third kappa shape index (κ3) is 4.18. The number of anilines is 1. The highest BCUT2D eigenvalue weighted by molar-refractivity contribution is 7.20. The summed E-state index contributed by atoms with van der Waals surface area (Å²) >= 11 is 1.53. The number of nitrogens with zero attached hydrogens (tertiary/aromatic N) is 4. The van der Waals surface area contributed by atoms with E-state index in [0.29, 0.717) is 6.54 Å². The molecule has 1 aromatic carbocycles. The molecule has 0 atom stereocenters. The van der Waals surface area contributed by atoms with E-state index >= 15 is 0 Å². The Hall–Kier alpha value is -3.19. The zero-order valence-corrected chi connectivity index (χ0v) is 18.3. The SMILES string of the molecule is Cc1nn(Cc2ccccc2)c2sc(C(=O)NC3CCN(c4ccccn4)CC3)cc12. The highest BCUT2D eigenvalue weighted by Crippen LogP contribution is 2.29. The molecule has 3 aromatic heterocycles. The number of hydrogen-bond acceptors (Lipinski definition) is 5. The van der Waals surface area contributed by atoms with Gasteiger partial charge in [0.05, 0.1) is 17.1 Å². The molecule has 1 aliphatic rings. The first-order valence-electron chi connectivity index (χ1n) is 10.6. The van der Waals surface area contributed by atoms with Gasteiger partial charge in [-0.3, -0.25) is 9.48 Å². The van der Waals surface area contributed by atoms with Gasteiger partial charge in [0.25, 0.3) is 5.91 Å². The van der Waals surface area contributed by atoms with Crippen molar-refractivity contribution in [2.75, 3.05) is 18.0 Å². The predicted molar refractivity (Wildman–Crippen MR) is 125 cm³/mol. The molecular formula is C24H25N5OS. The van der Waals surface area contributed by atoms with Crippen LogP contribution in [0.2, 0.25) is 0 Å². The summed E-state index contributed by atoms with van der Waals surface area (Å²) in [6.45, 7) is 4.52. The van der Waals surface area contributed by atoms with Crippen molar-refractivity contribution in [1.29, 1.82) is 0 Å². The lowest BCUT2D eigenvalue weighted by Crippen LogP contribution is -2.44. The highest BCUT2D eigenvalue weighted by atomic mass is 32.1. The van der Waals surface area contributed by atoms with Crippen LogP contribution in [0.25, 0.3) is 10.2 Å². The van der Waals surface area contributed by atoms with E-state index in [4.69, 9.17) is 0 Å². The minimum absolute atomic E-state index is 0.0168. The second kappa shape index (κ2) is 8.51. The quantitative estimate of drug-likeness (QED) is 0.513. The highest BCUT2D eigenvalue weighted by Gasteiger charge is 2.23. The van der Waals surface area contributed by atoms with Crippen molar-refractivity contribution in [3.05, 3.63) is 76.9 Å². The summed E-state index contributed by atoms with van der Waals surface area (Å²) < 4.78 is 2.01. The van der Waals surface area contributed by atoms with Gasteiger partial charge in [-0.1, -0.05) is 36.4 Å². The normalized spacial score (nSPS) is 14.8. The summed E-state index contributed by atoms with van der Waals surface area (Å²) in [6, 6.07) is 18.5. The maximum atomic E-state index is 13.0. The first-order valence-corrected chi connectivity index (χ1v) is 11.5. The lowest BCUT2D eigenvalue weighted by molar-refractivity contribution is 0.0935. The number of hydrogen-bond donors (Lipinski definition) is 1. The summed E-state index contributed by atoms with van der Waals surface area (Å²) in [4.78, 5) is 21.5. The molecule has 6 nitrogen and oxygen atoms in total. The van der Waals surface area contributed by atoms with Crippen LogP contribution in [0.4, 0.5) is 5.82 Å². The molecule has 0 saturated carbocycles. The molecule has 0 unspecified atom stereocenters. The molecule has 4 heterocycles. The number of amides is 1. The van der Waals surface area contributed by atoms with Crippen LogP contribution in [-0.2, 0) is 6.54 Å². The Bertz CT molecular complexity index is 1180. The Balaban J connectivity index is 1.26. The van der Waals surface area contributed by atoms with E-state index < -0.39 is 0 Å². The summed E-state index contributed by atoms with van der Waals surface area (Å²) in [5.41, 5.74) is 2.16. The van der Waals surface area contributed by atoms with Crippen molar-refractivity contribution in [3.63, 3.8) is 0 Å². The first-order chi connectivity index (χ1) is 15.2. The lowest BCUT2D eigenvalue weighted by Gasteiger charge is -2.33. The Morgan fingerprint density at radius 1 is 1.13 bits per heavy atom. The number of pyridine rings is 1. The number of carbonyl (C=O) groups is 1. The molecule has 0 radical (unpaired) electrons. The van der Waals surface area contributed by atoms with E-state index in [0.717, 1.165) is 52.5 Å². The fourth-order valence-corrected chi connectivity index (χ4v) is 5.20. The number of rotatable bonds is 5. The average Bonchev–Trinajstić information content (AvgIpc) is 3.37. The van der Waals surface area contributed by atoms with Crippen molar-refractivity contribution < 1.29 is 4.79 Å². The zero-order valence-electron chi connectivity index (χ0n) is 17.5. The third-order valence-corrected chi connectivity index (χ3v) is 6.96. The molecule has 1 saturated heterocycles. The fraction of sp³-hybridized carbons (Fsp3) is 0.292. The number of aromatic nitrogens is 3. The molecular weight excluding hydrogens is 406 g/mol. The number of thiophene rings is 1. The third-order valence-electron chi connectivity index (χ3n) is 5.81. The molecule has 31 heavy (non-hydrogen) atoms. The minimum atomic E-state index is 0.0168. The minimum Gasteiger partial charge on any atom is -0.356 e. The van der Waals surface area contributed by atoms with Crippen LogP contribution in [-0.4, -0.2) is 39.8 Å². The molecule has 0 bridgehead atoms. The maximum Gasteiger partial charge on any atom is 0.261 e. The second-order valence-electron chi connectivity index (χ2n) is 7.98. The van der Waals surface area contributed by atoms with Crippen LogP contribution >= 0.6 is 11.3 Å². The van der Waals surface area contributed by atoms with E-state index in [1.165, 1.54) is 16.9 Å². The van der Waals surface area contributed by atoms with Crippen LogP contribution in [0.1, 0.15) is 33.8 Å². The first kappa shape index (κ1) is 19.8. The Labute approximate surface area is 185 Å². The number of aryl methyl sites for hydroxylation is 1. The van der Waals surface area contributed by atoms with Gasteiger partial charge in [0.1, 0.15) is 10.6 Å². The van der Waals surface area contributed by atoms with Gasteiger partial charge in [-0.25, -0.2) is 4.98 Å². The molecule has 7 heteroatoms. The smallest absolute Gasteiger partial charge is 0.261 e.